The van der Waals surface area contributed by atoms with Crippen LogP contribution in [0.3, 0.4) is 0 Å². The number of nitrogens with zero attached hydrogens (tertiary/aromatic N) is 4. The molecule has 1 aromatic rings. The first-order chi connectivity index (χ1) is 16.9. The molecule has 6 rings (SSSR count). The fourth-order valence-electron chi connectivity index (χ4n) is 5.48. The fraction of sp³-hybridized carbons (Fsp3) is 0.385. The number of hydrogen-bond donors (Lipinski definition) is 2. The lowest BCUT2D eigenvalue weighted by atomic mass is 9.87. The molecule has 5 aliphatic rings. The number of likely N-dealkylation sites (tertiary alicyclic amines) is 1. The van der Waals surface area contributed by atoms with E-state index in [1.54, 1.807) is 4.90 Å². The number of benzene rings is 1. The van der Waals surface area contributed by atoms with Gasteiger partial charge in [0, 0.05) is 86.8 Å². The van der Waals surface area contributed by atoms with E-state index in [4.69, 9.17) is 0 Å². The summed E-state index contributed by atoms with van der Waals surface area (Å²) in [6.07, 6.45) is 6.23. The molecule has 0 radical (unpaired) electrons. The van der Waals surface area contributed by atoms with Crippen LogP contribution in [-0.2, 0) is 4.79 Å². The average Bonchev–Trinajstić information content (AvgIpc) is 3.03. The zero-order valence-electron chi connectivity index (χ0n) is 19.5. The lowest BCUT2D eigenvalue weighted by molar-refractivity contribution is -0.139. The number of aliphatic hydroxyl groups excluding tert-OH is 1. The highest BCUT2D eigenvalue weighted by Gasteiger charge is 2.34. The first-order valence-electron chi connectivity index (χ1n) is 11.9. The highest BCUT2D eigenvalue weighted by molar-refractivity contribution is 6.21. The molecule has 0 atom stereocenters. The summed E-state index contributed by atoms with van der Waals surface area (Å²) in [5, 5.41) is 13.6. The number of hydrazone groups is 1. The highest BCUT2D eigenvalue weighted by Crippen LogP contribution is 2.41. The third-order valence-electron chi connectivity index (χ3n) is 7.39. The number of carbonyl (C=O) groups excluding carboxylic acids is 1. The summed E-state index contributed by atoms with van der Waals surface area (Å²) in [4.78, 5) is 18.5. The van der Waals surface area contributed by atoms with Crippen LogP contribution >= 0.6 is 0 Å². The Bertz CT molecular complexity index is 1270. The van der Waals surface area contributed by atoms with Crippen molar-refractivity contribution in [3.8, 4) is 0 Å². The third kappa shape index (κ3) is 3.79. The second-order valence-corrected chi connectivity index (χ2v) is 9.85. The standard InChI is InChI=1S/C26H27F2N5O2/c1-31-11-20(16-2-4-32(5-3-16)13-24(35)33-9-15(10-33)14-34)26-21(12-31)18-6-17(27)7-19-22(28)8-23(25(18)19)29-30-26/h2,6-8,12,15,30,34H,3-5,9-11,13-14H2,1H3. The van der Waals surface area contributed by atoms with Gasteiger partial charge in [0.25, 0.3) is 0 Å². The van der Waals surface area contributed by atoms with Crippen LogP contribution in [0.4, 0.5) is 8.78 Å². The van der Waals surface area contributed by atoms with Crippen LogP contribution in [0, 0.1) is 11.7 Å². The zero-order chi connectivity index (χ0) is 24.3. The van der Waals surface area contributed by atoms with Crippen LogP contribution in [0.5, 0.6) is 0 Å². The maximum atomic E-state index is 14.5. The van der Waals surface area contributed by atoms with Gasteiger partial charge in [-0.2, -0.15) is 5.10 Å². The molecule has 1 fully saturated rings. The van der Waals surface area contributed by atoms with Crippen molar-refractivity contribution in [3.05, 3.63) is 69.8 Å². The number of fused-ring (bicyclic) bond motifs is 2. The number of hydrogen-bond acceptors (Lipinski definition) is 6. The second kappa shape index (κ2) is 8.42. The fourth-order valence-corrected chi connectivity index (χ4v) is 5.48. The Morgan fingerprint density at radius 3 is 2.80 bits per heavy atom. The molecule has 0 unspecified atom stereocenters. The molecule has 182 valence electrons. The zero-order valence-corrected chi connectivity index (χ0v) is 19.5. The van der Waals surface area contributed by atoms with E-state index in [2.05, 4.69) is 26.4 Å². The SMILES string of the molecule is CN1C=C2C(=C(C3=CCN(CC(=O)N4CC(CO)C4)CC3)C1)NN=C1C=C(F)c3cc(F)cc2c31. The summed E-state index contributed by atoms with van der Waals surface area (Å²) in [6, 6.07) is 2.68. The van der Waals surface area contributed by atoms with Gasteiger partial charge in [-0.25, -0.2) is 8.78 Å². The van der Waals surface area contributed by atoms with Crippen molar-refractivity contribution in [2.24, 2.45) is 11.0 Å². The van der Waals surface area contributed by atoms with E-state index >= 15 is 0 Å². The largest absolute Gasteiger partial charge is 0.396 e. The van der Waals surface area contributed by atoms with Crippen LogP contribution in [0.2, 0.25) is 0 Å². The van der Waals surface area contributed by atoms with Crippen molar-refractivity contribution in [1.29, 1.82) is 0 Å². The predicted octanol–water partition coefficient (Wildman–Crippen LogP) is 2.08. The molecule has 0 saturated carbocycles. The van der Waals surface area contributed by atoms with Crippen molar-refractivity contribution >= 4 is 23.0 Å². The topological polar surface area (TPSA) is 71.4 Å². The van der Waals surface area contributed by atoms with Crippen LogP contribution in [0.15, 0.2) is 52.4 Å². The summed E-state index contributed by atoms with van der Waals surface area (Å²) < 4.78 is 29.0. The number of likely N-dealkylation sites (N-methyl/N-ethyl adjacent to an activating group) is 1. The average molecular weight is 480 g/mol. The minimum atomic E-state index is -0.481. The van der Waals surface area contributed by atoms with Gasteiger partial charge in [0.05, 0.1) is 18.0 Å². The Kier molecular flexibility index (Phi) is 5.34. The van der Waals surface area contributed by atoms with Gasteiger partial charge in [-0.1, -0.05) is 6.08 Å². The molecule has 1 aliphatic carbocycles. The summed E-state index contributed by atoms with van der Waals surface area (Å²) in [6.45, 7) is 3.86. The monoisotopic (exact) mass is 479 g/mol. The van der Waals surface area contributed by atoms with Crippen molar-refractivity contribution in [2.75, 3.05) is 52.9 Å². The number of nitrogens with one attached hydrogen (secondary N) is 1. The molecule has 1 amide bonds. The normalized spacial score (nSPS) is 21.8. The molecule has 0 aromatic heterocycles. The third-order valence-corrected chi connectivity index (χ3v) is 7.39. The molecule has 0 bridgehead atoms. The number of allylic oxidation sites excluding steroid dienone is 2. The lowest BCUT2D eigenvalue weighted by Gasteiger charge is -2.39. The summed E-state index contributed by atoms with van der Waals surface area (Å²) in [5.41, 5.74) is 8.97. The van der Waals surface area contributed by atoms with E-state index in [1.165, 1.54) is 23.8 Å². The summed E-state index contributed by atoms with van der Waals surface area (Å²) in [5.74, 6) is -0.644. The van der Waals surface area contributed by atoms with Crippen LogP contribution < -0.4 is 5.43 Å². The molecule has 35 heavy (non-hydrogen) atoms. The number of amides is 1. The Hall–Kier alpha value is -3.30. The maximum absolute atomic E-state index is 14.5. The van der Waals surface area contributed by atoms with Crippen molar-refractivity contribution in [2.45, 2.75) is 6.42 Å². The van der Waals surface area contributed by atoms with Gasteiger partial charge in [-0.15, -0.1) is 0 Å². The van der Waals surface area contributed by atoms with Gasteiger partial charge in [0.15, 0.2) is 0 Å². The first kappa shape index (κ1) is 22.2. The van der Waals surface area contributed by atoms with E-state index in [0.717, 1.165) is 29.8 Å². The van der Waals surface area contributed by atoms with Crippen molar-refractivity contribution < 1.29 is 18.7 Å². The number of carbonyl (C=O) groups is 1. The number of rotatable bonds is 4. The molecule has 0 spiro atoms. The van der Waals surface area contributed by atoms with Crippen molar-refractivity contribution in [1.82, 2.24) is 20.1 Å². The quantitative estimate of drug-likeness (QED) is 0.692. The van der Waals surface area contributed by atoms with Gasteiger partial charge < -0.3 is 14.9 Å². The number of halogens is 2. The molecular weight excluding hydrogens is 452 g/mol. The van der Waals surface area contributed by atoms with E-state index in [1.807, 2.05) is 13.2 Å². The molecule has 4 heterocycles. The first-order valence-corrected chi connectivity index (χ1v) is 11.9. The molecular formula is C26H27F2N5O2. The van der Waals surface area contributed by atoms with E-state index in [-0.39, 0.29) is 24.0 Å². The Morgan fingerprint density at radius 1 is 1.26 bits per heavy atom. The van der Waals surface area contributed by atoms with E-state index in [0.29, 0.717) is 49.6 Å². The molecule has 1 aromatic carbocycles. The van der Waals surface area contributed by atoms with Crippen LogP contribution in [0.25, 0.3) is 11.4 Å². The van der Waals surface area contributed by atoms with Crippen LogP contribution in [0.1, 0.15) is 23.1 Å². The van der Waals surface area contributed by atoms with Gasteiger partial charge in [0.2, 0.25) is 5.91 Å². The van der Waals surface area contributed by atoms with Crippen molar-refractivity contribution in [3.63, 3.8) is 0 Å². The molecule has 2 N–H and O–H groups in total. The second-order valence-electron chi connectivity index (χ2n) is 9.85. The maximum Gasteiger partial charge on any atom is 0.236 e. The predicted molar refractivity (Wildman–Crippen MR) is 129 cm³/mol. The molecule has 7 nitrogen and oxygen atoms in total. The Morgan fingerprint density at radius 2 is 2.06 bits per heavy atom. The minimum Gasteiger partial charge on any atom is -0.396 e. The summed E-state index contributed by atoms with van der Waals surface area (Å²) in [7, 11) is 1.97. The number of aliphatic hydroxyl groups is 1. The molecule has 9 heteroatoms. The molecule has 4 aliphatic heterocycles. The summed E-state index contributed by atoms with van der Waals surface area (Å²) >= 11 is 0. The van der Waals surface area contributed by atoms with E-state index in [9.17, 15) is 18.7 Å². The Balaban J connectivity index is 1.27. The van der Waals surface area contributed by atoms with Gasteiger partial charge in [-0.3, -0.25) is 15.1 Å². The minimum absolute atomic E-state index is 0.104. The highest BCUT2D eigenvalue weighted by atomic mass is 19.1. The smallest absolute Gasteiger partial charge is 0.236 e. The molecule has 1 saturated heterocycles. The Labute approximate surface area is 202 Å². The van der Waals surface area contributed by atoms with Gasteiger partial charge in [-0.05, 0) is 29.7 Å². The van der Waals surface area contributed by atoms with Gasteiger partial charge >= 0.3 is 0 Å². The van der Waals surface area contributed by atoms with Gasteiger partial charge in [0.1, 0.15) is 11.6 Å². The van der Waals surface area contributed by atoms with E-state index < -0.39 is 11.6 Å². The van der Waals surface area contributed by atoms with Crippen LogP contribution in [-0.4, -0.2) is 84.3 Å². The lowest BCUT2D eigenvalue weighted by Crippen LogP contribution is -2.54.